The number of aliphatic carboxylic acids is 1. The number of carboxylic acid groups (broad SMARTS) is 1. The van der Waals surface area contributed by atoms with Crippen LogP contribution in [-0.4, -0.2) is 29.1 Å². The minimum absolute atomic E-state index is 0.0509. The molecule has 0 radical (unpaired) electrons. The fourth-order valence-corrected chi connectivity index (χ4v) is 4.59. The molecule has 2 N–H and O–H groups in total. The van der Waals surface area contributed by atoms with Crippen LogP contribution in [0.5, 0.6) is 5.75 Å². The molecule has 3 aromatic carbocycles. The molecule has 10 heteroatoms. The Bertz CT molecular complexity index is 1480. The van der Waals surface area contributed by atoms with Crippen LogP contribution >= 0.6 is 11.6 Å². The Morgan fingerprint density at radius 1 is 1.11 bits per heavy atom. The number of ether oxygens (including phenoxy) is 3. The van der Waals surface area contributed by atoms with E-state index in [2.05, 4.69) is 10.5 Å². The van der Waals surface area contributed by atoms with Crippen molar-refractivity contribution in [2.24, 2.45) is 0 Å². The van der Waals surface area contributed by atoms with E-state index in [0.717, 1.165) is 16.7 Å². The highest BCUT2D eigenvalue weighted by Gasteiger charge is 2.26. The van der Waals surface area contributed by atoms with Crippen LogP contribution in [0.15, 0.2) is 71.4 Å². The van der Waals surface area contributed by atoms with Crippen LogP contribution in [0, 0.1) is 0 Å². The summed E-state index contributed by atoms with van der Waals surface area (Å²) in [6, 6.07) is 18.1. The number of carbonyl (C=O) groups is 2. The van der Waals surface area contributed by atoms with Gasteiger partial charge in [0.1, 0.15) is 17.5 Å². The molecule has 0 saturated carbocycles. The number of benzene rings is 3. The van der Waals surface area contributed by atoms with Crippen LogP contribution < -0.4 is 10.1 Å². The maximum atomic E-state index is 12.7. The topological polar surface area (TPSA) is 120 Å². The fourth-order valence-electron chi connectivity index (χ4n) is 4.30. The van der Waals surface area contributed by atoms with E-state index in [1.165, 1.54) is 6.20 Å². The van der Waals surface area contributed by atoms with E-state index < -0.39 is 18.2 Å². The van der Waals surface area contributed by atoms with Gasteiger partial charge >= 0.3 is 12.1 Å². The highest BCUT2D eigenvalue weighted by molar-refractivity contribution is 6.31. The predicted octanol–water partition coefficient (Wildman–Crippen LogP) is 6.47. The van der Waals surface area contributed by atoms with Gasteiger partial charge in [-0.05, 0) is 35.7 Å². The summed E-state index contributed by atoms with van der Waals surface area (Å²) in [7, 11) is 0. The number of nitrogens with zero attached hydrogens (tertiary/aromatic N) is 1. The van der Waals surface area contributed by atoms with Crippen molar-refractivity contribution in [3.05, 3.63) is 88.6 Å². The molecule has 0 bridgehead atoms. The van der Waals surface area contributed by atoms with Gasteiger partial charge in [0.2, 0.25) is 0 Å². The number of fused-ring (bicyclic) bond motifs is 1. The largest absolute Gasteiger partial charge is 0.481 e. The lowest BCUT2D eigenvalue weighted by Gasteiger charge is -2.23. The lowest BCUT2D eigenvalue weighted by Crippen LogP contribution is -2.17. The van der Waals surface area contributed by atoms with Gasteiger partial charge in [0.15, 0.2) is 12.6 Å². The molecule has 4 aromatic rings. The quantitative estimate of drug-likeness (QED) is 0.277. The zero-order valence-corrected chi connectivity index (χ0v) is 21.0. The van der Waals surface area contributed by atoms with E-state index in [1.807, 2.05) is 30.3 Å². The first-order valence-corrected chi connectivity index (χ1v) is 12.1. The van der Waals surface area contributed by atoms with Crippen molar-refractivity contribution in [3.63, 3.8) is 0 Å². The number of carboxylic acids is 1. The van der Waals surface area contributed by atoms with Crippen molar-refractivity contribution in [2.75, 3.05) is 12.1 Å². The van der Waals surface area contributed by atoms with Gasteiger partial charge in [-0.2, -0.15) is 0 Å². The highest BCUT2D eigenvalue weighted by atomic mass is 35.5. The van der Waals surface area contributed by atoms with Crippen molar-refractivity contribution in [2.45, 2.75) is 26.1 Å². The number of hydrogen-bond acceptors (Lipinski definition) is 7. The second-order valence-electron chi connectivity index (χ2n) is 8.61. The Kier molecular flexibility index (Phi) is 7.30. The number of carbonyl (C=O) groups excluding carboxylic acids is 1. The van der Waals surface area contributed by atoms with Gasteiger partial charge in [-0.15, -0.1) is 0 Å². The first-order chi connectivity index (χ1) is 18.4. The van der Waals surface area contributed by atoms with E-state index in [4.69, 9.17) is 35.4 Å². The molecule has 194 valence electrons. The zero-order chi connectivity index (χ0) is 26.6. The van der Waals surface area contributed by atoms with Gasteiger partial charge in [-0.1, -0.05) is 65.3 Å². The summed E-state index contributed by atoms with van der Waals surface area (Å²) in [5, 5.41) is 16.1. The van der Waals surface area contributed by atoms with E-state index in [9.17, 15) is 9.59 Å². The average Bonchev–Trinajstić information content (AvgIpc) is 3.36. The SMILES string of the molecule is CC(OC(=O)Nc1cnoc1-c1ccc(-c2ccc(CC(=O)O)cc2)c2c1OCOC2)c1ccccc1Cl. The van der Waals surface area contributed by atoms with Gasteiger partial charge in [-0.3, -0.25) is 10.1 Å². The maximum absolute atomic E-state index is 12.7. The number of aromatic nitrogens is 1. The van der Waals surface area contributed by atoms with Crippen molar-refractivity contribution in [1.29, 1.82) is 0 Å². The van der Waals surface area contributed by atoms with Crippen molar-refractivity contribution >= 4 is 29.4 Å². The molecule has 2 heterocycles. The molecule has 0 saturated heterocycles. The molecule has 0 fully saturated rings. The second-order valence-corrected chi connectivity index (χ2v) is 9.02. The molecule has 1 amide bonds. The van der Waals surface area contributed by atoms with E-state index in [1.54, 1.807) is 37.3 Å². The molecular weight excluding hydrogens is 512 g/mol. The van der Waals surface area contributed by atoms with Gasteiger partial charge in [0.25, 0.3) is 0 Å². The zero-order valence-electron chi connectivity index (χ0n) is 20.3. The Labute approximate surface area is 222 Å². The normalized spacial score (nSPS) is 13.2. The fraction of sp³-hybridized carbons (Fsp3) is 0.179. The van der Waals surface area contributed by atoms with Gasteiger partial charge in [0, 0.05) is 16.1 Å². The summed E-state index contributed by atoms with van der Waals surface area (Å²) in [6.07, 6.45) is 0.0570. The molecule has 9 nitrogen and oxygen atoms in total. The third kappa shape index (κ3) is 5.34. The molecule has 1 aromatic heterocycles. The number of rotatable bonds is 7. The van der Waals surface area contributed by atoms with Crippen molar-refractivity contribution in [3.8, 4) is 28.2 Å². The minimum Gasteiger partial charge on any atom is -0.481 e. The molecule has 1 atom stereocenters. The van der Waals surface area contributed by atoms with Gasteiger partial charge < -0.3 is 23.8 Å². The first-order valence-electron chi connectivity index (χ1n) is 11.8. The third-order valence-electron chi connectivity index (χ3n) is 6.09. The number of nitrogens with one attached hydrogen (secondary N) is 1. The average molecular weight is 535 g/mol. The third-order valence-corrected chi connectivity index (χ3v) is 6.44. The molecule has 38 heavy (non-hydrogen) atoms. The number of anilines is 1. The smallest absolute Gasteiger partial charge is 0.412 e. The van der Waals surface area contributed by atoms with Crippen LogP contribution in [0.4, 0.5) is 10.5 Å². The monoisotopic (exact) mass is 534 g/mol. The molecule has 0 spiro atoms. The van der Waals surface area contributed by atoms with Crippen LogP contribution in [0.25, 0.3) is 22.5 Å². The summed E-state index contributed by atoms with van der Waals surface area (Å²) < 4.78 is 22.4. The summed E-state index contributed by atoms with van der Waals surface area (Å²) in [6.45, 7) is 2.07. The summed E-state index contributed by atoms with van der Waals surface area (Å²) in [4.78, 5) is 23.7. The number of amides is 1. The van der Waals surface area contributed by atoms with Crippen LogP contribution in [0.2, 0.25) is 5.02 Å². The Balaban J connectivity index is 1.40. The van der Waals surface area contributed by atoms with Crippen molar-refractivity contribution in [1.82, 2.24) is 5.16 Å². The summed E-state index contributed by atoms with van der Waals surface area (Å²) in [5.41, 5.74) is 4.82. The summed E-state index contributed by atoms with van der Waals surface area (Å²) in [5.74, 6) is -0.0465. The highest BCUT2D eigenvalue weighted by Crippen LogP contribution is 2.43. The molecular formula is C28H23ClN2O7. The predicted molar refractivity (Wildman–Crippen MR) is 139 cm³/mol. The van der Waals surface area contributed by atoms with Gasteiger partial charge in [0.05, 0.1) is 24.8 Å². The van der Waals surface area contributed by atoms with Gasteiger partial charge in [-0.25, -0.2) is 4.79 Å². The van der Waals surface area contributed by atoms with Crippen LogP contribution in [0.1, 0.15) is 29.7 Å². The van der Waals surface area contributed by atoms with E-state index in [0.29, 0.717) is 45.5 Å². The molecule has 1 aliphatic heterocycles. The Morgan fingerprint density at radius 3 is 2.63 bits per heavy atom. The lowest BCUT2D eigenvalue weighted by molar-refractivity contribution is -0.136. The lowest BCUT2D eigenvalue weighted by atomic mass is 9.94. The number of halogens is 1. The Morgan fingerprint density at radius 2 is 1.87 bits per heavy atom. The molecule has 1 unspecified atom stereocenters. The molecule has 1 aliphatic rings. The summed E-state index contributed by atoms with van der Waals surface area (Å²) >= 11 is 6.22. The van der Waals surface area contributed by atoms with Crippen LogP contribution in [-0.2, 0) is 27.3 Å². The maximum Gasteiger partial charge on any atom is 0.412 e. The second kappa shape index (κ2) is 11.0. The molecule has 0 aliphatic carbocycles. The number of hydrogen-bond donors (Lipinski definition) is 2. The van der Waals surface area contributed by atoms with Crippen molar-refractivity contribution < 1.29 is 33.4 Å². The van der Waals surface area contributed by atoms with E-state index >= 15 is 0 Å². The van der Waals surface area contributed by atoms with E-state index in [-0.39, 0.29) is 13.2 Å². The first kappa shape index (κ1) is 25.3. The van der Waals surface area contributed by atoms with Crippen LogP contribution in [0.3, 0.4) is 0 Å². The molecule has 5 rings (SSSR count). The standard InChI is InChI=1S/C28H23ClN2O7/c1-16(19-4-2-3-5-23(19)29)37-28(34)31-24-13-30-38-27(24)21-11-10-20(22-14-35-15-36-26(21)22)18-8-6-17(7-9-18)12-25(32)33/h2-11,13,16H,12,14-15H2,1H3,(H,31,34)(H,32,33). The minimum atomic E-state index is -0.889. The Hall–Kier alpha value is -4.34.